The third-order valence-electron chi connectivity index (χ3n) is 13.9. The van der Waals surface area contributed by atoms with Gasteiger partial charge in [-0.25, -0.2) is 4.79 Å². The highest BCUT2D eigenvalue weighted by Gasteiger charge is 2.46. The van der Waals surface area contributed by atoms with Crippen molar-refractivity contribution < 1.29 is 9.90 Å². The Balaban J connectivity index is 1.15. The van der Waals surface area contributed by atoms with Gasteiger partial charge in [0.1, 0.15) is 0 Å². The lowest BCUT2D eigenvalue weighted by molar-refractivity contribution is 0.0697. The Morgan fingerprint density at radius 2 is 1.02 bits per heavy atom. The number of rotatable bonds is 4. The first-order valence-corrected chi connectivity index (χ1v) is 18.9. The van der Waals surface area contributed by atoms with E-state index in [-0.39, 0.29) is 0 Å². The molecule has 6 saturated heterocycles. The van der Waals surface area contributed by atoms with Crippen LogP contribution in [0.5, 0.6) is 0 Å². The van der Waals surface area contributed by atoms with Crippen molar-refractivity contribution in [3.05, 3.63) is 35.4 Å². The van der Waals surface area contributed by atoms with Crippen molar-refractivity contribution >= 4 is 5.97 Å². The molecular formula is C38H61N5O2. The smallest absolute Gasteiger partial charge is 0.335 e. The summed E-state index contributed by atoms with van der Waals surface area (Å²) < 4.78 is 0. The third kappa shape index (κ3) is 6.50. The molecular weight excluding hydrogens is 558 g/mol. The second-order valence-electron chi connectivity index (χ2n) is 16.3. The summed E-state index contributed by atoms with van der Waals surface area (Å²) in [6, 6.07) is 13.4. The molecule has 0 saturated carbocycles. The molecule has 14 unspecified atom stereocenters. The Morgan fingerprint density at radius 1 is 0.600 bits per heavy atom. The molecule has 6 aliphatic heterocycles. The number of carboxylic acid groups (broad SMARTS) is 1. The first-order chi connectivity index (χ1) is 21.8. The van der Waals surface area contributed by atoms with Crippen LogP contribution in [-0.4, -0.2) is 71.5 Å². The van der Waals surface area contributed by atoms with Gasteiger partial charge in [0.25, 0.3) is 0 Å². The minimum absolute atomic E-state index is 0.352. The highest BCUT2D eigenvalue weighted by Crippen LogP contribution is 2.41. The zero-order chi connectivity index (χ0) is 31.2. The zero-order valence-electron chi connectivity index (χ0n) is 28.3. The minimum Gasteiger partial charge on any atom is -0.478 e. The van der Waals surface area contributed by atoms with Crippen LogP contribution in [0.15, 0.2) is 24.3 Å². The Labute approximate surface area is 272 Å². The maximum Gasteiger partial charge on any atom is 0.335 e. The van der Waals surface area contributed by atoms with Gasteiger partial charge in [0.2, 0.25) is 0 Å². The molecule has 7 rings (SSSR count). The topological polar surface area (TPSA) is 97.5 Å². The molecule has 0 radical (unpaired) electrons. The van der Waals surface area contributed by atoms with Gasteiger partial charge in [0.05, 0.1) is 5.56 Å². The van der Waals surface area contributed by atoms with Crippen molar-refractivity contribution in [1.29, 1.82) is 0 Å². The van der Waals surface area contributed by atoms with E-state index in [0.29, 0.717) is 83.7 Å². The molecule has 0 aliphatic carbocycles. The van der Waals surface area contributed by atoms with Gasteiger partial charge in [0, 0.05) is 66.3 Å². The van der Waals surface area contributed by atoms with Crippen LogP contribution in [0.4, 0.5) is 0 Å². The Bertz CT molecular complexity index is 1100. The van der Waals surface area contributed by atoms with Gasteiger partial charge in [-0.15, -0.1) is 0 Å². The summed E-state index contributed by atoms with van der Waals surface area (Å²) in [6.45, 7) is 9.85. The quantitative estimate of drug-likeness (QED) is 0.268. The van der Waals surface area contributed by atoms with E-state index >= 15 is 0 Å². The molecule has 0 aromatic heterocycles. The highest BCUT2D eigenvalue weighted by molar-refractivity contribution is 5.87. The summed E-state index contributed by atoms with van der Waals surface area (Å²) in [5.74, 6) is 2.42. The number of aromatic carboxylic acids is 1. The minimum atomic E-state index is -0.844. The lowest BCUT2D eigenvalue weighted by atomic mass is 9.82. The Hall–Kier alpha value is -1.51. The van der Waals surface area contributed by atoms with E-state index in [9.17, 15) is 9.90 Å². The maximum atomic E-state index is 11.7. The predicted molar refractivity (Wildman–Crippen MR) is 182 cm³/mol. The van der Waals surface area contributed by atoms with Gasteiger partial charge in [-0.05, 0) is 106 Å². The van der Waals surface area contributed by atoms with Crippen LogP contribution in [-0.2, 0) is 0 Å². The summed E-state index contributed by atoms with van der Waals surface area (Å²) in [6.07, 6.45) is 15.0. The van der Waals surface area contributed by atoms with E-state index in [0.717, 1.165) is 11.8 Å². The molecule has 6 aliphatic rings. The number of carbonyl (C=O) groups is 1. The summed E-state index contributed by atoms with van der Waals surface area (Å²) in [5, 5.41) is 30.5. The molecule has 1 aromatic rings. The average Bonchev–Trinajstić information content (AvgIpc) is 3.86. The number of fused-ring (bicyclic) bond motifs is 10. The second kappa shape index (κ2) is 13.5. The van der Waals surface area contributed by atoms with Crippen LogP contribution in [0.3, 0.4) is 0 Å². The monoisotopic (exact) mass is 619 g/mol. The zero-order valence-corrected chi connectivity index (χ0v) is 28.3. The first kappa shape index (κ1) is 32.1. The number of nitrogens with one attached hydrogen (secondary N) is 5. The molecule has 0 amide bonds. The number of carboxylic acids is 1. The molecule has 10 bridgehead atoms. The van der Waals surface area contributed by atoms with Crippen molar-refractivity contribution in [2.75, 3.05) is 0 Å². The van der Waals surface area contributed by atoms with Gasteiger partial charge in [-0.1, -0.05) is 52.7 Å². The van der Waals surface area contributed by atoms with Crippen LogP contribution in [0.2, 0.25) is 0 Å². The fourth-order valence-electron chi connectivity index (χ4n) is 11.5. The van der Waals surface area contributed by atoms with Gasteiger partial charge >= 0.3 is 5.97 Å². The van der Waals surface area contributed by atoms with Crippen molar-refractivity contribution in [2.45, 2.75) is 171 Å². The van der Waals surface area contributed by atoms with Gasteiger partial charge in [0.15, 0.2) is 0 Å². The molecule has 7 nitrogen and oxygen atoms in total. The summed E-state index contributed by atoms with van der Waals surface area (Å²) in [4.78, 5) is 11.7. The predicted octanol–water partition coefficient (Wildman–Crippen LogP) is 5.41. The lowest BCUT2D eigenvalue weighted by Gasteiger charge is -2.32. The normalized spacial score (nSPS) is 46.8. The van der Waals surface area contributed by atoms with E-state index in [1.54, 1.807) is 0 Å². The molecule has 14 atom stereocenters. The fourth-order valence-corrected chi connectivity index (χ4v) is 11.5. The van der Waals surface area contributed by atoms with E-state index in [4.69, 9.17) is 0 Å². The molecule has 0 spiro atoms. The van der Waals surface area contributed by atoms with Crippen LogP contribution < -0.4 is 26.6 Å². The first-order valence-electron chi connectivity index (χ1n) is 18.9. The van der Waals surface area contributed by atoms with Gasteiger partial charge in [-0.3, -0.25) is 0 Å². The molecule has 45 heavy (non-hydrogen) atoms. The second-order valence-corrected chi connectivity index (χ2v) is 16.3. The molecule has 1 aromatic carbocycles. The van der Waals surface area contributed by atoms with E-state index < -0.39 is 5.97 Å². The van der Waals surface area contributed by atoms with Crippen molar-refractivity contribution in [2.24, 2.45) is 23.7 Å². The standard InChI is InChI=1S/C38H61N5O2/c1-5-29-21(3)33-17-27-13-15-31(40-27)37(23-7-9-24(10-8-23)38(44)45)32-16-14-28(41-32)18-34-22(4)30(6-2)36(43-34)20-26-12-11-25(39-26)19-35(29)42-33/h7-10,21-22,25-37,39-43H,5-6,11-20H2,1-4H3,(H,44,45). The van der Waals surface area contributed by atoms with Gasteiger partial charge < -0.3 is 31.7 Å². The summed E-state index contributed by atoms with van der Waals surface area (Å²) in [7, 11) is 0. The van der Waals surface area contributed by atoms with Crippen LogP contribution in [0.25, 0.3) is 0 Å². The van der Waals surface area contributed by atoms with E-state index in [2.05, 4.69) is 66.4 Å². The van der Waals surface area contributed by atoms with Crippen molar-refractivity contribution in [1.82, 2.24) is 26.6 Å². The maximum absolute atomic E-state index is 11.7. The summed E-state index contributed by atoms with van der Waals surface area (Å²) in [5.41, 5.74) is 1.67. The Kier molecular flexibility index (Phi) is 9.65. The van der Waals surface area contributed by atoms with E-state index in [1.165, 1.54) is 82.6 Å². The van der Waals surface area contributed by atoms with Crippen molar-refractivity contribution in [3.63, 3.8) is 0 Å². The largest absolute Gasteiger partial charge is 0.478 e. The van der Waals surface area contributed by atoms with Crippen LogP contribution in [0, 0.1) is 23.7 Å². The third-order valence-corrected chi connectivity index (χ3v) is 13.9. The average molecular weight is 620 g/mol. The highest BCUT2D eigenvalue weighted by atomic mass is 16.4. The van der Waals surface area contributed by atoms with Crippen LogP contribution in [0.1, 0.15) is 127 Å². The summed E-state index contributed by atoms with van der Waals surface area (Å²) >= 11 is 0. The molecule has 6 N–H and O–H groups in total. The number of hydrogen-bond acceptors (Lipinski definition) is 6. The molecule has 250 valence electrons. The van der Waals surface area contributed by atoms with Gasteiger partial charge in [-0.2, -0.15) is 0 Å². The van der Waals surface area contributed by atoms with E-state index in [1.807, 2.05) is 12.1 Å². The number of hydrogen-bond donors (Lipinski definition) is 6. The molecule has 7 heteroatoms. The van der Waals surface area contributed by atoms with Crippen LogP contribution >= 0.6 is 0 Å². The number of benzene rings is 1. The fraction of sp³-hybridized carbons (Fsp3) is 0.816. The Morgan fingerprint density at radius 3 is 1.47 bits per heavy atom. The van der Waals surface area contributed by atoms with Crippen molar-refractivity contribution in [3.8, 4) is 0 Å². The SMILES string of the molecule is CCC1C2CC3CCC(CC4NC(CC5CCC(N5)C(c5ccc(C(=O)O)cc5)C5CCC(CC(N2)C1C)N5)C(C)C4CC)N3. The molecule has 6 fully saturated rings. The lowest BCUT2D eigenvalue weighted by Crippen LogP contribution is -2.46. The molecule has 6 heterocycles.